The predicted octanol–water partition coefficient (Wildman–Crippen LogP) is 2.79. The Bertz CT molecular complexity index is 351. The second-order valence-corrected chi connectivity index (χ2v) is 4.86. The molecule has 0 bridgehead atoms. The zero-order chi connectivity index (χ0) is 12.2. The van der Waals surface area contributed by atoms with E-state index in [-0.39, 0.29) is 17.1 Å². The largest absolute Gasteiger partial charge is 0.312 e. The van der Waals surface area contributed by atoms with Crippen molar-refractivity contribution < 1.29 is 9.18 Å². The second-order valence-electron chi connectivity index (χ2n) is 4.86. The molecule has 0 fully saturated rings. The van der Waals surface area contributed by atoms with Crippen molar-refractivity contribution in [3.63, 3.8) is 0 Å². The lowest BCUT2D eigenvalue weighted by molar-refractivity contribution is 0.0980. The van der Waals surface area contributed by atoms with E-state index in [1.165, 1.54) is 24.3 Å². The van der Waals surface area contributed by atoms with E-state index in [0.29, 0.717) is 18.5 Å². The van der Waals surface area contributed by atoms with E-state index in [1.54, 1.807) is 0 Å². The molecule has 1 rings (SSSR count). The summed E-state index contributed by atoms with van der Waals surface area (Å²) in [5.74, 6) is -0.277. The van der Waals surface area contributed by atoms with Gasteiger partial charge in [0.2, 0.25) is 0 Å². The number of hydrogen-bond donors (Lipinski definition) is 1. The molecule has 16 heavy (non-hydrogen) atoms. The molecule has 0 aromatic heterocycles. The van der Waals surface area contributed by atoms with Gasteiger partial charge in [-0.2, -0.15) is 0 Å². The standard InChI is InChI=1S/C13H18FNO/c1-13(2,3)15-9-8-12(16)10-4-6-11(14)7-5-10/h4-7,15H,8-9H2,1-3H3. The first kappa shape index (κ1) is 12.8. The van der Waals surface area contributed by atoms with Gasteiger partial charge in [0, 0.05) is 24.1 Å². The highest BCUT2D eigenvalue weighted by Crippen LogP contribution is 2.06. The molecule has 1 aromatic carbocycles. The van der Waals surface area contributed by atoms with E-state index in [4.69, 9.17) is 0 Å². The van der Waals surface area contributed by atoms with Crippen molar-refractivity contribution in [1.29, 1.82) is 0 Å². The van der Waals surface area contributed by atoms with Crippen molar-refractivity contribution in [3.8, 4) is 0 Å². The summed E-state index contributed by atoms with van der Waals surface area (Å²) in [5.41, 5.74) is 0.584. The molecule has 0 saturated carbocycles. The molecule has 0 unspecified atom stereocenters. The first-order valence-electron chi connectivity index (χ1n) is 5.42. The fourth-order valence-corrected chi connectivity index (χ4v) is 1.33. The van der Waals surface area contributed by atoms with Gasteiger partial charge >= 0.3 is 0 Å². The molecule has 0 heterocycles. The summed E-state index contributed by atoms with van der Waals surface area (Å²) in [6, 6.07) is 5.67. The van der Waals surface area contributed by atoms with Crippen molar-refractivity contribution in [2.24, 2.45) is 0 Å². The molecule has 0 aliphatic carbocycles. The average molecular weight is 223 g/mol. The summed E-state index contributed by atoms with van der Waals surface area (Å²) < 4.78 is 12.6. The number of hydrogen-bond acceptors (Lipinski definition) is 2. The lowest BCUT2D eigenvalue weighted by Gasteiger charge is -2.20. The molecule has 0 aliphatic rings. The van der Waals surface area contributed by atoms with Gasteiger partial charge in [0.25, 0.3) is 0 Å². The molecule has 0 atom stereocenters. The van der Waals surface area contributed by atoms with Gasteiger partial charge in [0.1, 0.15) is 5.82 Å². The summed E-state index contributed by atoms with van der Waals surface area (Å²) >= 11 is 0. The van der Waals surface area contributed by atoms with E-state index in [9.17, 15) is 9.18 Å². The fraction of sp³-hybridized carbons (Fsp3) is 0.462. The van der Waals surface area contributed by atoms with Crippen molar-refractivity contribution >= 4 is 5.78 Å². The molecule has 1 aromatic rings. The van der Waals surface area contributed by atoms with Crippen LogP contribution in [0.25, 0.3) is 0 Å². The normalized spacial score (nSPS) is 11.5. The van der Waals surface area contributed by atoms with Crippen LogP contribution in [0.1, 0.15) is 37.6 Å². The molecular weight excluding hydrogens is 205 g/mol. The lowest BCUT2D eigenvalue weighted by Crippen LogP contribution is -2.37. The number of rotatable bonds is 4. The van der Waals surface area contributed by atoms with Crippen LogP contribution in [0.15, 0.2) is 24.3 Å². The summed E-state index contributed by atoms with van der Waals surface area (Å²) in [4.78, 5) is 11.7. The highest BCUT2D eigenvalue weighted by molar-refractivity contribution is 5.96. The molecule has 0 aliphatic heterocycles. The second kappa shape index (κ2) is 5.21. The number of Topliss-reactive ketones (excluding diaryl/α,β-unsaturated/α-hetero) is 1. The third kappa shape index (κ3) is 4.53. The summed E-state index contributed by atoms with van der Waals surface area (Å²) in [6.45, 7) is 6.79. The first-order chi connectivity index (χ1) is 7.38. The van der Waals surface area contributed by atoms with Crippen LogP contribution in [0.4, 0.5) is 4.39 Å². The maximum absolute atomic E-state index is 12.6. The molecular formula is C13H18FNO. The SMILES string of the molecule is CC(C)(C)NCCC(=O)c1ccc(F)cc1. The van der Waals surface area contributed by atoms with E-state index >= 15 is 0 Å². The minimum absolute atomic E-state index is 0.0169. The van der Waals surface area contributed by atoms with Crippen LogP contribution in [0, 0.1) is 5.82 Å². The van der Waals surface area contributed by atoms with Crippen LogP contribution < -0.4 is 5.32 Å². The molecule has 1 N–H and O–H groups in total. The third-order valence-corrected chi connectivity index (χ3v) is 2.17. The Labute approximate surface area is 95.9 Å². The molecule has 0 spiro atoms. The van der Waals surface area contributed by atoms with E-state index in [2.05, 4.69) is 26.1 Å². The Morgan fingerprint density at radius 3 is 2.31 bits per heavy atom. The Morgan fingerprint density at radius 2 is 1.81 bits per heavy atom. The van der Waals surface area contributed by atoms with Crippen LogP contribution in [-0.4, -0.2) is 17.9 Å². The molecule has 88 valence electrons. The Morgan fingerprint density at radius 1 is 1.25 bits per heavy atom. The van der Waals surface area contributed by atoms with Gasteiger partial charge in [-0.3, -0.25) is 4.79 Å². The number of halogens is 1. The Kier molecular flexibility index (Phi) is 4.19. The summed E-state index contributed by atoms with van der Waals surface area (Å²) in [7, 11) is 0. The number of carbonyl (C=O) groups excluding carboxylic acids is 1. The van der Waals surface area contributed by atoms with Gasteiger partial charge < -0.3 is 5.32 Å². The number of nitrogens with one attached hydrogen (secondary N) is 1. The van der Waals surface area contributed by atoms with Crippen molar-refractivity contribution in [2.45, 2.75) is 32.7 Å². The molecule has 0 saturated heterocycles. The molecule has 0 radical (unpaired) electrons. The van der Waals surface area contributed by atoms with Crippen LogP contribution in [-0.2, 0) is 0 Å². The monoisotopic (exact) mass is 223 g/mol. The third-order valence-electron chi connectivity index (χ3n) is 2.17. The zero-order valence-corrected chi connectivity index (χ0v) is 10.0. The van der Waals surface area contributed by atoms with Crippen LogP contribution >= 0.6 is 0 Å². The van der Waals surface area contributed by atoms with Crippen LogP contribution in [0.3, 0.4) is 0 Å². The predicted molar refractivity (Wildman–Crippen MR) is 63.1 cm³/mol. The van der Waals surface area contributed by atoms with E-state index in [0.717, 1.165) is 0 Å². The molecule has 3 heteroatoms. The van der Waals surface area contributed by atoms with Crippen molar-refractivity contribution in [1.82, 2.24) is 5.32 Å². The highest BCUT2D eigenvalue weighted by atomic mass is 19.1. The van der Waals surface area contributed by atoms with Crippen LogP contribution in [0.2, 0.25) is 0 Å². The minimum atomic E-state index is -0.315. The van der Waals surface area contributed by atoms with Crippen molar-refractivity contribution in [2.75, 3.05) is 6.54 Å². The van der Waals surface area contributed by atoms with Gasteiger partial charge in [-0.05, 0) is 45.0 Å². The van der Waals surface area contributed by atoms with Crippen LogP contribution in [0.5, 0.6) is 0 Å². The van der Waals surface area contributed by atoms with E-state index in [1.807, 2.05) is 0 Å². The van der Waals surface area contributed by atoms with Gasteiger partial charge in [-0.1, -0.05) is 0 Å². The van der Waals surface area contributed by atoms with Gasteiger partial charge in [0.05, 0.1) is 0 Å². The number of ketones is 1. The molecule has 0 amide bonds. The smallest absolute Gasteiger partial charge is 0.164 e. The Balaban J connectivity index is 2.44. The lowest BCUT2D eigenvalue weighted by atomic mass is 10.1. The number of benzene rings is 1. The summed E-state index contributed by atoms with van der Waals surface area (Å²) in [5, 5.41) is 3.24. The Hall–Kier alpha value is -1.22. The maximum atomic E-state index is 12.6. The fourth-order valence-electron chi connectivity index (χ4n) is 1.33. The quantitative estimate of drug-likeness (QED) is 0.795. The van der Waals surface area contributed by atoms with Gasteiger partial charge in [-0.15, -0.1) is 0 Å². The van der Waals surface area contributed by atoms with Crippen molar-refractivity contribution in [3.05, 3.63) is 35.6 Å². The van der Waals surface area contributed by atoms with E-state index < -0.39 is 0 Å². The topological polar surface area (TPSA) is 29.1 Å². The maximum Gasteiger partial charge on any atom is 0.164 e. The summed E-state index contributed by atoms with van der Waals surface area (Å²) in [6.07, 6.45) is 0.433. The molecule has 2 nitrogen and oxygen atoms in total. The highest BCUT2D eigenvalue weighted by Gasteiger charge is 2.10. The van der Waals surface area contributed by atoms with Gasteiger partial charge in [0.15, 0.2) is 5.78 Å². The minimum Gasteiger partial charge on any atom is -0.312 e. The van der Waals surface area contributed by atoms with Gasteiger partial charge in [-0.25, -0.2) is 4.39 Å². The number of carbonyl (C=O) groups is 1. The first-order valence-corrected chi connectivity index (χ1v) is 5.42. The average Bonchev–Trinajstić information content (AvgIpc) is 2.16. The zero-order valence-electron chi connectivity index (χ0n) is 10.0.